The van der Waals surface area contributed by atoms with Crippen LogP contribution >= 0.6 is 0 Å². The number of nitrogens with one attached hydrogen (secondary N) is 2. The van der Waals surface area contributed by atoms with Gasteiger partial charge >= 0.3 is 12.0 Å². The first-order valence-electron chi connectivity index (χ1n) is 7.36. The maximum Gasteiger partial charge on any atom is 0.315 e. The number of carbonyl (C=O) groups excluding carboxylic acids is 1. The van der Waals surface area contributed by atoms with Crippen LogP contribution in [0.25, 0.3) is 0 Å². The lowest BCUT2D eigenvalue weighted by molar-refractivity contribution is -0.137. The fourth-order valence-electron chi connectivity index (χ4n) is 1.93. The van der Waals surface area contributed by atoms with Gasteiger partial charge in [0, 0.05) is 19.0 Å². The summed E-state index contributed by atoms with van der Waals surface area (Å²) in [5, 5.41) is 14.2. The molecule has 3 N–H and O–H groups in total. The average Bonchev–Trinajstić information content (AvgIpc) is 2.35. The van der Waals surface area contributed by atoms with Crippen LogP contribution in [-0.4, -0.2) is 29.7 Å². The zero-order valence-electron chi connectivity index (χ0n) is 12.2. The maximum atomic E-state index is 11.6. The minimum atomic E-state index is -0.785. The van der Waals surface area contributed by atoms with Crippen LogP contribution in [-0.2, 0) is 4.79 Å². The van der Waals surface area contributed by atoms with Crippen molar-refractivity contribution in [1.29, 1.82) is 0 Å². The molecule has 0 spiro atoms. The first kappa shape index (κ1) is 17.7. The minimum absolute atomic E-state index is 0.134. The van der Waals surface area contributed by atoms with Crippen molar-refractivity contribution < 1.29 is 14.7 Å². The van der Waals surface area contributed by atoms with Crippen LogP contribution in [0.4, 0.5) is 4.79 Å². The molecule has 0 heterocycles. The van der Waals surface area contributed by atoms with Crippen molar-refractivity contribution in [1.82, 2.24) is 10.6 Å². The molecule has 0 saturated carbocycles. The van der Waals surface area contributed by atoms with Gasteiger partial charge in [-0.2, -0.15) is 0 Å². The molecule has 0 saturated heterocycles. The highest BCUT2D eigenvalue weighted by molar-refractivity contribution is 5.74. The number of urea groups is 1. The van der Waals surface area contributed by atoms with Gasteiger partial charge in [0.05, 0.1) is 0 Å². The third-order valence-corrected chi connectivity index (χ3v) is 2.98. The van der Waals surface area contributed by atoms with E-state index in [1.165, 1.54) is 0 Å². The topological polar surface area (TPSA) is 78.4 Å². The molecule has 0 aliphatic rings. The van der Waals surface area contributed by atoms with Crippen LogP contribution in [0.1, 0.15) is 65.2 Å². The molecule has 1 unspecified atom stereocenters. The van der Waals surface area contributed by atoms with Crippen molar-refractivity contribution >= 4 is 12.0 Å². The van der Waals surface area contributed by atoms with Crippen LogP contribution < -0.4 is 10.6 Å². The van der Waals surface area contributed by atoms with Gasteiger partial charge in [-0.1, -0.05) is 33.1 Å². The van der Waals surface area contributed by atoms with E-state index in [4.69, 9.17) is 5.11 Å². The second kappa shape index (κ2) is 11.8. The first-order valence-corrected chi connectivity index (χ1v) is 7.36. The lowest BCUT2D eigenvalue weighted by Gasteiger charge is -2.18. The lowest BCUT2D eigenvalue weighted by atomic mass is 10.1. The molecule has 0 aromatic rings. The largest absolute Gasteiger partial charge is 0.481 e. The summed E-state index contributed by atoms with van der Waals surface area (Å²) in [4.78, 5) is 22.0. The molecule has 19 heavy (non-hydrogen) atoms. The van der Waals surface area contributed by atoms with E-state index in [-0.39, 0.29) is 18.5 Å². The van der Waals surface area contributed by atoms with E-state index in [9.17, 15) is 9.59 Å². The summed E-state index contributed by atoms with van der Waals surface area (Å²) in [7, 11) is 0. The Hall–Kier alpha value is -1.26. The molecular weight excluding hydrogens is 244 g/mol. The fraction of sp³-hybridized carbons (Fsp3) is 0.857. The van der Waals surface area contributed by atoms with Gasteiger partial charge in [0.25, 0.3) is 0 Å². The maximum absolute atomic E-state index is 11.6. The standard InChI is InChI=1S/C14H28N2O3/c1-3-5-9-12(8-4-2)16-14(19)15-11-7-6-10-13(17)18/h12H,3-11H2,1-2H3,(H,17,18)(H2,15,16,19). The van der Waals surface area contributed by atoms with E-state index >= 15 is 0 Å². The normalized spacial score (nSPS) is 11.9. The number of rotatable bonds is 11. The molecule has 0 aromatic heterocycles. The number of hydrogen-bond donors (Lipinski definition) is 3. The molecule has 5 heteroatoms. The van der Waals surface area contributed by atoms with Crippen molar-refractivity contribution in [2.45, 2.75) is 71.3 Å². The predicted molar refractivity (Wildman–Crippen MR) is 76.2 cm³/mol. The predicted octanol–water partition coefficient (Wildman–Crippen LogP) is 2.90. The van der Waals surface area contributed by atoms with E-state index in [1.807, 2.05) is 0 Å². The van der Waals surface area contributed by atoms with E-state index in [0.29, 0.717) is 19.4 Å². The van der Waals surface area contributed by atoms with Gasteiger partial charge in [0.2, 0.25) is 0 Å². The lowest BCUT2D eigenvalue weighted by Crippen LogP contribution is -2.42. The average molecular weight is 272 g/mol. The van der Waals surface area contributed by atoms with Gasteiger partial charge in [-0.3, -0.25) is 4.79 Å². The fourth-order valence-corrected chi connectivity index (χ4v) is 1.93. The van der Waals surface area contributed by atoms with Crippen LogP contribution in [0.15, 0.2) is 0 Å². The number of hydrogen-bond acceptors (Lipinski definition) is 2. The van der Waals surface area contributed by atoms with Crippen LogP contribution in [0.2, 0.25) is 0 Å². The third kappa shape index (κ3) is 11.6. The van der Waals surface area contributed by atoms with Crippen LogP contribution in [0, 0.1) is 0 Å². The second-order valence-electron chi connectivity index (χ2n) is 4.88. The van der Waals surface area contributed by atoms with E-state index in [1.54, 1.807) is 0 Å². The minimum Gasteiger partial charge on any atom is -0.481 e. The Bertz CT molecular complexity index is 257. The molecule has 0 aliphatic carbocycles. The van der Waals surface area contributed by atoms with Crippen molar-refractivity contribution in [3.63, 3.8) is 0 Å². The summed E-state index contributed by atoms with van der Waals surface area (Å²) in [6, 6.07) is 0.119. The molecule has 0 bridgehead atoms. The SMILES string of the molecule is CCCCC(CCC)NC(=O)NCCCCC(=O)O. The molecule has 2 amide bonds. The van der Waals surface area contributed by atoms with E-state index in [0.717, 1.165) is 32.1 Å². The van der Waals surface area contributed by atoms with Crippen molar-refractivity contribution in [2.24, 2.45) is 0 Å². The van der Waals surface area contributed by atoms with Gasteiger partial charge in [-0.15, -0.1) is 0 Å². The zero-order chi connectivity index (χ0) is 14.5. The van der Waals surface area contributed by atoms with Crippen LogP contribution in [0.5, 0.6) is 0 Å². The smallest absolute Gasteiger partial charge is 0.315 e. The molecule has 5 nitrogen and oxygen atoms in total. The molecule has 0 radical (unpaired) electrons. The van der Waals surface area contributed by atoms with Crippen molar-refractivity contribution in [3.8, 4) is 0 Å². The Kier molecular flexibility index (Phi) is 11.0. The first-order chi connectivity index (χ1) is 9.10. The Labute approximate surface area is 116 Å². The van der Waals surface area contributed by atoms with Gasteiger partial charge < -0.3 is 15.7 Å². The third-order valence-electron chi connectivity index (χ3n) is 2.98. The summed E-state index contributed by atoms with van der Waals surface area (Å²) in [5.41, 5.74) is 0. The van der Waals surface area contributed by atoms with Crippen molar-refractivity contribution in [3.05, 3.63) is 0 Å². The van der Waals surface area contributed by atoms with E-state index in [2.05, 4.69) is 24.5 Å². The molecule has 1 atom stereocenters. The van der Waals surface area contributed by atoms with Crippen molar-refractivity contribution in [2.75, 3.05) is 6.54 Å². The molecule has 0 fully saturated rings. The molecule has 0 aliphatic heterocycles. The molecule has 0 rings (SSSR count). The Morgan fingerprint density at radius 3 is 2.37 bits per heavy atom. The number of amides is 2. The molecular formula is C14H28N2O3. The molecule has 0 aromatic carbocycles. The van der Waals surface area contributed by atoms with Gasteiger partial charge in [0.15, 0.2) is 0 Å². The summed E-state index contributed by atoms with van der Waals surface area (Å²) in [6.45, 7) is 4.79. The number of unbranched alkanes of at least 4 members (excludes halogenated alkanes) is 2. The Balaban J connectivity index is 3.70. The Morgan fingerprint density at radius 2 is 1.79 bits per heavy atom. The summed E-state index contributed by atoms with van der Waals surface area (Å²) < 4.78 is 0. The zero-order valence-corrected chi connectivity index (χ0v) is 12.2. The summed E-state index contributed by atoms with van der Waals surface area (Å²) >= 11 is 0. The highest BCUT2D eigenvalue weighted by atomic mass is 16.4. The molecule has 112 valence electrons. The quantitative estimate of drug-likeness (QED) is 0.506. The number of carboxylic acids is 1. The Morgan fingerprint density at radius 1 is 1.05 bits per heavy atom. The highest BCUT2D eigenvalue weighted by Crippen LogP contribution is 2.06. The van der Waals surface area contributed by atoms with Crippen LogP contribution in [0.3, 0.4) is 0 Å². The second-order valence-corrected chi connectivity index (χ2v) is 4.88. The van der Waals surface area contributed by atoms with Gasteiger partial charge in [-0.05, 0) is 25.7 Å². The van der Waals surface area contributed by atoms with E-state index < -0.39 is 5.97 Å². The summed E-state index contributed by atoms with van der Waals surface area (Å²) in [6.07, 6.45) is 6.83. The van der Waals surface area contributed by atoms with Gasteiger partial charge in [-0.25, -0.2) is 4.79 Å². The highest BCUT2D eigenvalue weighted by Gasteiger charge is 2.10. The monoisotopic (exact) mass is 272 g/mol. The number of carboxylic acid groups (broad SMARTS) is 1. The summed E-state index contributed by atoms with van der Waals surface area (Å²) in [5.74, 6) is -0.785. The number of aliphatic carboxylic acids is 1. The number of carbonyl (C=O) groups is 2. The van der Waals surface area contributed by atoms with Gasteiger partial charge in [0.1, 0.15) is 0 Å².